The Labute approximate surface area is 116 Å². The Morgan fingerprint density at radius 3 is 2.75 bits per heavy atom. The molecule has 0 aliphatic carbocycles. The number of aromatic nitrogens is 5. The van der Waals surface area contributed by atoms with E-state index < -0.39 is 0 Å². The van der Waals surface area contributed by atoms with E-state index in [9.17, 15) is 0 Å². The fourth-order valence-corrected chi connectivity index (χ4v) is 2.07. The second kappa shape index (κ2) is 5.24. The fourth-order valence-electron chi connectivity index (χ4n) is 2.07. The molecule has 0 unspecified atom stereocenters. The first-order valence-electron chi connectivity index (χ1n) is 6.66. The molecular weight excluding hydrogens is 252 g/mol. The zero-order chi connectivity index (χ0) is 13.9. The molecule has 20 heavy (non-hydrogen) atoms. The SMILES string of the molecule is CCCNc1nc(C)nc2c1cnn2-c1ccncc1. The third kappa shape index (κ3) is 2.20. The molecule has 3 heterocycles. The van der Waals surface area contributed by atoms with Crippen molar-refractivity contribution in [1.29, 1.82) is 0 Å². The summed E-state index contributed by atoms with van der Waals surface area (Å²) in [6.45, 7) is 4.89. The van der Waals surface area contributed by atoms with Gasteiger partial charge in [0.25, 0.3) is 0 Å². The summed E-state index contributed by atoms with van der Waals surface area (Å²) in [6.07, 6.45) is 6.33. The fraction of sp³-hybridized carbons (Fsp3) is 0.286. The van der Waals surface area contributed by atoms with Gasteiger partial charge in [-0.1, -0.05) is 6.92 Å². The molecule has 0 radical (unpaired) electrons. The normalized spacial score (nSPS) is 10.9. The monoisotopic (exact) mass is 268 g/mol. The topological polar surface area (TPSA) is 68.5 Å². The van der Waals surface area contributed by atoms with Gasteiger partial charge in [0.05, 0.1) is 17.3 Å². The Hall–Kier alpha value is -2.50. The number of nitrogens with one attached hydrogen (secondary N) is 1. The molecule has 0 fully saturated rings. The quantitative estimate of drug-likeness (QED) is 0.786. The predicted octanol–water partition coefficient (Wildman–Crippen LogP) is 2.34. The number of pyridine rings is 1. The number of hydrogen-bond acceptors (Lipinski definition) is 5. The highest BCUT2D eigenvalue weighted by molar-refractivity contribution is 5.87. The Bertz CT molecular complexity index is 719. The molecule has 3 rings (SSSR count). The van der Waals surface area contributed by atoms with Crippen molar-refractivity contribution in [3.8, 4) is 5.69 Å². The minimum Gasteiger partial charge on any atom is -0.369 e. The van der Waals surface area contributed by atoms with Gasteiger partial charge in [0.15, 0.2) is 5.65 Å². The summed E-state index contributed by atoms with van der Waals surface area (Å²) >= 11 is 0. The Morgan fingerprint density at radius 2 is 2.00 bits per heavy atom. The molecular formula is C14H16N6. The summed E-state index contributed by atoms with van der Waals surface area (Å²) in [5.41, 5.74) is 1.75. The van der Waals surface area contributed by atoms with E-state index in [1.54, 1.807) is 18.6 Å². The van der Waals surface area contributed by atoms with Gasteiger partial charge < -0.3 is 5.32 Å². The van der Waals surface area contributed by atoms with Gasteiger partial charge >= 0.3 is 0 Å². The number of aryl methyl sites for hydroxylation is 1. The van der Waals surface area contributed by atoms with E-state index in [2.05, 4.69) is 32.3 Å². The lowest BCUT2D eigenvalue weighted by Crippen LogP contribution is -2.05. The lowest BCUT2D eigenvalue weighted by Gasteiger charge is -2.07. The molecule has 3 aromatic heterocycles. The van der Waals surface area contributed by atoms with Crippen LogP contribution in [0.15, 0.2) is 30.7 Å². The van der Waals surface area contributed by atoms with E-state index in [-0.39, 0.29) is 0 Å². The van der Waals surface area contributed by atoms with Gasteiger partial charge in [-0.05, 0) is 25.5 Å². The maximum Gasteiger partial charge on any atom is 0.168 e. The molecule has 6 nitrogen and oxygen atoms in total. The summed E-state index contributed by atoms with van der Waals surface area (Å²) in [7, 11) is 0. The summed E-state index contributed by atoms with van der Waals surface area (Å²) in [6, 6.07) is 3.81. The van der Waals surface area contributed by atoms with E-state index in [0.717, 1.165) is 41.3 Å². The van der Waals surface area contributed by atoms with Crippen molar-refractivity contribution in [2.75, 3.05) is 11.9 Å². The average molecular weight is 268 g/mol. The van der Waals surface area contributed by atoms with Gasteiger partial charge in [-0.3, -0.25) is 4.98 Å². The van der Waals surface area contributed by atoms with Gasteiger partial charge in [-0.25, -0.2) is 14.6 Å². The van der Waals surface area contributed by atoms with Crippen LogP contribution in [0.3, 0.4) is 0 Å². The van der Waals surface area contributed by atoms with E-state index in [0.29, 0.717) is 0 Å². The zero-order valence-corrected chi connectivity index (χ0v) is 11.5. The smallest absolute Gasteiger partial charge is 0.168 e. The Balaban J connectivity index is 2.15. The summed E-state index contributed by atoms with van der Waals surface area (Å²) in [4.78, 5) is 13.0. The minimum absolute atomic E-state index is 0.729. The molecule has 0 aromatic carbocycles. The number of fused-ring (bicyclic) bond motifs is 1. The van der Waals surface area contributed by atoms with Crippen molar-refractivity contribution < 1.29 is 0 Å². The lowest BCUT2D eigenvalue weighted by molar-refractivity contribution is 0.886. The Morgan fingerprint density at radius 1 is 1.20 bits per heavy atom. The highest BCUT2D eigenvalue weighted by Crippen LogP contribution is 2.22. The third-order valence-electron chi connectivity index (χ3n) is 2.99. The van der Waals surface area contributed by atoms with Crippen LogP contribution < -0.4 is 5.32 Å². The van der Waals surface area contributed by atoms with Crippen LogP contribution in [-0.2, 0) is 0 Å². The Kier molecular flexibility index (Phi) is 3.28. The maximum atomic E-state index is 4.51. The van der Waals surface area contributed by atoms with E-state index >= 15 is 0 Å². The van der Waals surface area contributed by atoms with Crippen LogP contribution in [0.2, 0.25) is 0 Å². The minimum atomic E-state index is 0.729. The zero-order valence-electron chi connectivity index (χ0n) is 11.5. The highest BCUT2D eigenvalue weighted by Gasteiger charge is 2.12. The van der Waals surface area contributed by atoms with E-state index in [4.69, 9.17) is 0 Å². The maximum absolute atomic E-state index is 4.51. The molecule has 0 saturated heterocycles. The van der Waals surface area contributed by atoms with Gasteiger partial charge in [0.2, 0.25) is 0 Å². The van der Waals surface area contributed by atoms with Crippen molar-refractivity contribution in [3.63, 3.8) is 0 Å². The molecule has 0 atom stereocenters. The summed E-state index contributed by atoms with van der Waals surface area (Å²) in [5.74, 6) is 1.57. The van der Waals surface area contributed by atoms with E-state index in [1.807, 2.05) is 23.7 Å². The second-order valence-electron chi connectivity index (χ2n) is 4.55. The predicted molar refractivity (Wildman–Crippen MR) is 78.0 cm³/mol. The molecule has 6 heteroatoms. The van der Waals surface area contributed by atoms with Crippen molar-refractivity contribution >= 4 is 16.9 Å². The molecule has 1 N–H and O–H groups in total. The van der Waals surface area contributed by atoms with Crippen LogP contribution in [0.4, 0.5) is 5.82 Å². The van der Waals surface area contributed by atoms with Crippen LogP contribution in [0.5, 0.6) is 0 Å². The molecule has 0 spiro atoms. The van der Waals surface area contributed by atoms with Crippen molar-refractivity contribution in [3.05, 3.63) is 36.5 Å². The largest absolute Gasteiger partial charge is 0.369 e. The number of rotatable bonds is 4. The van der Waals surface area contributed by atoms with Crippen LogP contribution in [-0.4, -0.2) is 31.3 Å². The summed E-state index contributed by atoms with van der Waals surface area (Å²) in [5, 5.41) is 8.68. The molecule has 0 saturated carbocycles. The average Bonchev–Trinajstić information content (AvgIpc) is 2.89. The van der Waals surface area contributed by atoms with Crippen LogP contribution in [0, 0.1) is 6.92 Å². The van der Waals surface area contributed by atoms with Gasteiger partial charge in [-0.15, -0.1) is 0 Å². The molecule has 102 valence electrons. The van der Waals surface area contributed by atoms with Crippen LogP contribution >= 0.6 is 0 Å². The first kappa shape index (κ1) is 12.5. The highest BCUT2D eigenvalue weighted by atomic mass is 15.3. The van der Waals surface area contributed by atoms with Crippen molar-refractivity contribution in [2.45, 2.75) is 20.3 Å². The number of anilines is 1. The molecule has 0 aliphatic rings. The first-order chi connectivity index (χ1) is 9.79. The molecule has 0 amide bonds. The number of hydrogen-bond donors (Lipinski definition) is 1. The van der Waals surface area contributed by atoms with Gasteiger partial charge in [0, 0.05) is 18.9 Å². The van der Waals surface area contributed by atoms with Gasteiger partial charge in [-0.2, -0.15) is 5.10 Å². The van der Waals surface area contributed by atoms with Gasteiger partial charge in [0.1, 0.15) is 11.6 Å². The van der Waals surface area contributed by atoms with Crippen molar-refractivity contribution in [1.82, 2.24) is 24.7 Å². The van der Waals surface area contributed by atoms with Crippen molar-refractivity contribution in [2.24, 2.45) is 0 Å². The number of nitrogens with zero attached hydrogens (tertiary/aromatic N) is 5. The summed E-state index contributed by atoms with van der Waals surface area (Å²) < 4.78 is 1.81. The second-order valence-corrected chi connectivity index (χ2v) is 4.55. The third-order valence-corrected chi connectivity index (χ3v) is 2.99. The van der Waals surface area contributed by atoms with Crippen LogP contribution in [0.1, 0.15) is 19.2 Å². The van der Waals surface area contributed by atoms with E-state index in [1.165, 1.54) is 0 Å². The standard InChI is InChI=1S/C14H16N6/c1-3-6-16-13-12-9-17-20(11-4-7-15-8-5-11)14(12)19-10(2)18-13/h4-5,7-9H,3,6H2,1-2H3,(H,16,18,19). The molecule has 3 aromatic rings. The molecule has 0 bridgehead atoms. The first-order valence-corrected chi connectivity index (χ1v) is 6.66. The lowest BCUT2D eigenvalue weighted by atomic mass is 10.3. The van der Waals surface area contributed by atoms with Crippen LogP contribution in [0.25, 0.3) is 16.7 Å². The molecule has 0 aliphatic heterocycles.